The molecule has 0 fully saturated rings. The number of carbonyl (C=O) groups is 1. The van der Waals surface area contributed by atoms with E-state index in [0.29, 0.717) is 0 Å². The molecule has 0 aliphatic carbocycles. The monoisotopic (exact) mass is 435 g/mol. The van der Waals surface area contributed by atoms with Gasteiger partial charge in [0.25, 0.3) is 5.91 Å². The summed E-state index contributed by atoms with van der Waals surface area (Å²) in [5.74, 6) is -11.4. The smallest absolute Gasteiger partial charge is 0.315 e. The summed E-state index contributed by atoms with van der Waals surface area (Å²) in [4.78, 5) is 12.1. The number of hydrogen-bond acceptors (Lipinski definition) is 3. The van der Waals surface area contributed by atoms with Crippen LogP contribution in [0.5, 0.6) is 0 Å². The molecule has 30 heavy (non-hydrogen) atoms. The van der Waals surface area contributed by atoms with Crippen LogP contribution in [0.15, 0.2) is 18.3 Å². The third kappa shape index (κ3) is 3.86. The summed E-state index contributed by atoms with van der Waals surface area (Å²) >= 11 is 0. The zero-order valence-corrected chi connectivity index (χ0v) is 15.3. The van der Waals surface area contributed by atoms with Gasteiger partial charge in [-0.3, -0.25) is 9.48 Å². The molecule has 160 valence electrons. The predicted octanol–water partition coefficient (Wildman–Crippen LogP) is 4.03. The first-order chi connectivity index (χ1) is 13.9. The maximum Gasteiger partial charge on any atom is 0.422 e. The summed E-state index contributed by atoms with van der Waals surface area (Å²) in [7, 11) is 0. The van der Waals surface area contributed by atoms with E-state index in [9.17, 15) is 35.5 Å². The number of nitrogens with zero attached hydrogens (tertiary/aromatic N) is 4. The Morgan fingerprint density at radius 2 is 1.63 bits per heavy atom. The number of nitrogens with one attached hydrogen (secondary N) is 1. The highest BCUT2D eigenvalue weighted by molar-refractivity contribution is 6.03. The van der Waals surface area contributed by atoms with E-state index in [1.165, 1.54) is 16.2 Å². The van der Waals surface area contributed by atoms with Crippen molar-refractivity contribution >= 4 is 11.6 Å². The molecule has 3 aromatic rings. The van der Waals surface area contributed by atoms with Gasteiger partial charge < -0.3 is 5.32 Å². The topological polar surface area (TPSA) is 64.7 Å². The number of carbonyl (C=O) groups excluding carboxylic acids is 1. The SMILES string of the molecule is Cc1cc(C)n(Cn2ccc(C(=O)Nc3c(F)c(F)c(C(F)(F)F)c(F)c3F)n2)n1. The van der Waals surface area contributed by atoms with E-state index in [-0.39, 0.29) is 6.67 Å². The normalized spacial score (nSPS) is 11.8. The molecule has 0 bridgehead atoms. The molecule has 2 heterocycles. The molecule has 13 heteroatoms. The zero-order chi connectivity index (χ0) is 22.4. The van der Waals surface area contributed by atoms with Gasteiger partial charge in [-0.25, -0.2) is 22.2 Å². The Balaban J connectivity index is 1.87. The second-order valence-corrected chi connectivity index (χ2v) is 6.27. The van der Waals surface area contributed by atoms with Gasteiger partial charge in [0.15, 0.2) is 29.0 Å². The number of alkyl halides is 3. The van der Waals surface area contributed by atoms with E-state index < -0.39 is 52.3 Å². The van der Waals surface area contributed by atoms with Crippen LogP contribution in [0.25, 0.3) is 0 Å². The average molecular weight is 435 g/mol. The molecule has 0 spiro atoms. The van der Waals surface area contributed by atoms with E-state index in [2.05, 4.69) is 10.2 Å². The van der Waals surface area contributed by atoms with Crippen LogP contribution >= 0.6 is 0 Å². The van der Waals surface area contributed by atoms with Crippen molar-refractivity contribution in [1.29, 1.82) is 0 Å². The molecule has 2 aromatic heterocycles. The van der Waals surface area contributed by atoms with E-state index in [4.69, 9.17) is 0 Å². The Labute approximate surface area is 163 Å². The lowest BCUT2D eigenvalue weighted by Crippen LogP contribution is -2.21. The summed E-state index contributed by atoms with van der Waals surface area (Å²) in [6.45, 7) is 3.62. The van der Waals surface area contributed by atoms with E-state index in [1.807, 2.05) is 0 Å². The van der Waals surface area contributed by atoms with Gasteiger partial charge in [0, 0.05) is 11.9 Å². The molecule has 0 saturated carbocycles. The highest BCUT2D eigenvalue weighted by Crippen LogP contribution is 2.38. The Morgan fingerprint density at radius 1 is 1.03 bits per heavy atom. The second kappa shape index (κ2) is 7.46. The number of amides is 1. The second-order valence-electron chi connectivity index (χ2n) is 6.27. The Hall–Kier alpha value is -3.38. The summed E-state index contributed by atoms with van der Waals surface area (Å²) in [6.07, 6.45) is -4.36. The lowest BCUT2D eigenvalue weighted by Gasteiger charge is -2.14. The van der Waals surface area contributed by atoms with Crippen molar-refractivity contribution in [2.45, 2.75) is 26.7 Å². The maximum atomic E-state index is 13.9. The van der Waals surface area contributed by atoms with E-state index >= 15 is 0 Å². The summed E-state index contributed by atoms with van der Waals surface area (Å²) < 4.78 is 95.8. The molecular formula is C17H12F7N5O. The van der Waals surface area contributed by atoms with Crippen LogP contribution in [0.3, 0.4) is 0 Å². The van der Waals surface area contributed by atoms with E-state index in [1.54, 1.807) is 24.6 Å². The van der Waals surface area contributed by atoms with Crippen LogP contribution in [-0.4, -0.2) is 25.5 Å². The third-order valence-electron chi connectivity index (χ3n) is 4.04. The lowest BCUT2D eigenvalue weighted by atomic mass is 10.1. The number of aryl methyl sites for hydroxylation is 2. The fourth-order valence-corrected chi connectivity index (χ4v) is 2.68. The van der Waals surface area contributed by atoms with Crippen LogP contribution in [0, 0.1) is 37.1 Å². The molecular weight excluding hydrogens is 423 g/mol. The minimum Gasteiger partial charge on any atom is -0.315 e. The number of hydrogen-bond donors (Lipinski definition) is 1. The van der Waals surface area contributed by atoms with Crippen molar-refractivity contribution in [2.75, 3.05) is 5.32 Å². The van der Waals surface area contributed by atoms with Crippen LogP contribution < -0.4 is 5.32 Å². The fraction of sp³-hybridized carbons (Fsp3) is 0.235. The maximum absolute atomic E-state index is 13.9. The standard InChI is InChI=1S/C17H12F7N5O/c1-7-5-8(2)29(26-7)6-28-4-3-9(27-28)16(30)25-15-13(20)11(18)10(17(22,23)24)12(19)14(15)21/h3-5H,6H2,1-2H3,(H,25,30). The molecule has 0 atom stereocenters. The molecule has 3 rings (SSSR count). The molecule has 0 unspecified atom stereocenters. The van der Waals surface area contributed by atoms with Crippen molar-refractivity contribution in [3.05, 3.63) is 64.2 Å². The van der Waals surface area contributed by atoms with Gasteiger partial charge in [0.1, 0.15) is 17.9 Å². The minimum atomic E-state index is -5.68. The van der Waals surface area contributed by atoms with Crippen LogP contribution in [0.1, 0.15) is 27.4 Å². The summed E-state index contributed by atoms with van der Waals surface area (Å²) in [5, 5.41) is 9.54. The van der Waals surface area contributed by atoms with Crippen LogP contribution in [0.4, 0.5) is 36.4 Å². The van der Waals surface area contributed by atoms with Gasteiger partial charge in [-0.15, -0.1) is 0 Å². The predicted molar refractivity (Wildman–Crippen MR) is 88.6 cm³/mol. The molecule has 0 radical (unpaired) electrons. The van der Waals surface area contributed by atoms with Gasteiger partial charge >= 0.3 is 6.18 Å². The van der Waals surface area contributed by atoms with Crippen molar-refractivity contribution in [3.63, 3.8) is 0 Å². The first kappa shape index (κ1) is 21.3. The Bertz CT molecular complexity index is 1100. The number of rotatable bonds is 4. The van der Waals surface area contributed by atoms with Crippen molar-refractivity contribution in [2.24, 2.45) is 0 Å². The van der Waals surface area contributed by atoms with Crippen molar-refractivity contribution < 1.29 is 35.5 Å². The number of anilines is 1. The molecule has 0 saturated heterocycles. The van der Waals surface area contributed by atoms with Gasteiger partial charge in [-0.2, -0.15) is 23.4 Å². The van der Waals surface area contributed by atoms with E-state index in [0.717, 1.165) is 17.5 Å². The highest BCUT2D eigenvalue weighted by Gasteiger charge is 2.42. The molecule has 1 N–H and O–H groups in total. The molecule has 0 aliphatic heterocycles. The van der Waals surface area contributed by atoms with Gasteiger partial charge in [0.2, 0.25) is 0 Å². The number of benzene rings is 1. The highest BCUT2D eigenvalue weighted by atomic mass is 19.4. The first-order valence-corrected chi connectivity index (χ1v) is 8.19. The lowest BCUT2D eigenvalue weighted by molar-refractivity contribution is -0.143. The van der Waals surface area contributed by atoms with Crippen molar-refractivity contribution in [1.82, 2.24) is 19.6 Å². The molecule has 1 amide bonds. The summed E-state index contributed by atoms with van der Waals surface area (Å²) in [5.41, 5.74) is -3.32. The average Bonchev–Trinajstić information content (AvgIpc) is 3.22. The van der Waals surface area contributed by atoms with Crippen LogP contribution in [0.2, 0.25) is 0 Å². The first-order valence-electron chi connectivity index (χ1n) is 8.19. The summed E-state index contributed by atoms with van der Waals surface area (Å²) in [6, 6.07) is 2.92. The fourth-order valence-electron chi connectivity index (χ4n) is 2.68. The van der Waals surface area contributed by atoms with Gasteiger partial charge in [0.05, 0.1) is 5.69 Å². The molecule has 1 aromatic carbocycles. The van der Waals surface area contributed by atoms with Gasteiger partial charge in [-0.05, 0) is 26.0 Å². The Morgan fingerprint density at radius 3 is 2.13 bits per heavy atom. The van der Waals surface area contributed by atoms with Gasteiger partial charge in [-0.1, -0.05) is 0 Å². The molecule has 6 nitrogen and oxygen atoms in total. The largest absolute Gasteiger partial charge is 0.422 e. The van der Waals surface area contributed by atoms with Crippen LogP contribution in [-0.2, 0) is 12.8 Å². The Kier molecular flexibility index (Phi) is 5.31. The third-order valence-corrected chi connectivity index (χ3v) is 4.04. The van der Waals surface area contributed by atoms with Crippen molar-refractivity contribution in [3.8, 4) is 0 Å². The molecule has 0 aliphatic rings. The number of halogens is 7. The minimum absolute atomic E-state index is 0.0826. The zero-order valence-electron chi connectivity index (χ0n) is 15.3. The quantitative estimate of drug-likeness (QED) is 0.497. The number of aromatic nitrogens is 4.